The molecule has 0 amide bonds. The Hall–Kier alpha value is -0.450. The zero-order valence-electron chi connectivity index (χ0n) is 11.1. The van der Waals surface area contributed by atoms with Crippen molar-refractivity contribution in [2.45, 2.75) is 39.8 Å². The lowest BCUT2D eigenvalue weighted by molar-refractivity contribution is 0.128. The fourth-order valence-corrected chi connectivity index (χ4v) is 2.49. The van der Waals surface area contributed by atoms with Gasteiger partial charge in [0.15, 0.2) is 0 Å². The van der Waals surface area contributed by atoms with Gasteiger partial charge in [-0.2, -0.15) is 0 Å². The van der Waals surface area contributed by atoms with Crippen molar-refractivity contribution < 1.29 is 9.50 Å². The van der Waals surface area contributed by atoms with Gasteiger partial charge in [0.25, 0.3) is 0 Å². The van der Waals surface area contributed by atoms with E-state index in [2.05, 4.69) is 35.1 Å². The van der Waals surface area contributed by atoms with Crippen molar-refractivity contribution in [3.8, 4) is 0 Å². The van der Waals surface area contributed by atoms with Crippen LogP contribution in [0, 0.1) is 11.2 Å². The Morgan fingerprint density at radius 2 is 2.11 bits per heavy atom. The highest BCUT2D eigenvalue weighted by Crippen LogP contribution is 2.21. The molecule has 18 heavy (non-hydrogen) atoms. The van der Waals surface area contributed by atoms with E-state index in [-0.39, 0.29) is 17.3 Å². The molecule has 2 N–H and O–H groups in total. The number of aliphatic hydroxyl groups is 1. The summed E-state index contributed by atoms with van der Waals surface area (Å²) in [6.07, 6.45) is 0.467. The Morgan fingerprint density at radius 3 is 2.67 bits per heavy atom. The van der Waals surface area contributed by atoms with Crippen molar-refractivity contribution >= 4 is 15.9 Å². The van der Waals surface area contributed by atoms with Crippen LogP contribution in [0.2, 0.25) is 0 Å². The average Bonchev–Trinajstić information content (AvgIpc) is 2.21. The maximum atomic E-state index is 13.1. The van der Waals surface area contributed by atoms with Gasteiger partial charge in [0.1, 0.15) is 5.82 Å². The van der Waals surface area contributed by atoms with E-state index in [1.165, 1.54) is 6.07 Å². The van der Waals surface area contributed by atoms with Gasteiger partial charge < -0.3 is 10.4 Å². The first-order chi connectivity index (χ1) is 8.30. The molecule has 2 nitrogen and oxygen atoms in total. The van der Waals surface area contributed by atoms with Crippen LogP contribution in [0.1, 0.15) is 32.8 Å². The minimum atomic E-state index is -0.290. The van der Waals surface area contributed by atoms with Gasteiger partial charge >= 0.3 is 0 Å². The second kappa shape index (κ2) is 6.64. The molecule has 0 fully saturated rings. The van der Waals surface area contributed by atoms with Gasteiger partial charge in [-0.25, -0.2) is 4.39 Å². The molecule has 0 aliphatic rings. The molecule has 4 heteroatoms. The highest BCUT2D eigenvalue weighted by Gasteiger charge is 2.19. The molecule has 0 aromatic heterocycles. The van der Waals surface area contributed by atoms with Crippen molar-refractivity contribution in [1.29, 1.82) is 0 Å². The van der Waals surface area contributed by atoms with Gasteiger partial charge in [-0.1, -0.05) is 19.9 Å². The third-order valence-corrected chi connectivity index (χ3v) is 3.37. The van der Waals surface area contributed by atoms with Crippen LogP contribution in [-0.2, 0) is 6.54 Å². The van der Waals surface area contributed by atoms with E-state index in [1.807, 2.05) is 0 Å². The smallest absolute Gasteiger partial charge is 0.137 e. The fraction of sp³-hybridized carbons (Fsp3) is 0.571. The second-order valence-electron chi connectivity index (χ2n) is 5.57. The largest absolute Gasteiger partial charge is 0.393 e. The molecule has 1 atom stereocenters. The third kappa shape index (κ3) is 5.46. The first-order valence-electron chi connectivity index (χ1n) is 6.13. The molecule has 0 saturated carbocycles. The first kappa shape index (κ1) is 15.6. The van der Waals surface area contributed by atoms with E-state index in [0.717, 1.165) is 18.5 Å². The van der Waals surface area contributed by atoms with Crippen LogP contribution >= 0.6 is 15.9 Å². The Bertz CT molecular complexity index is 393. The van der Waals surface area contributed by atoms with Crippen LogP contribution in [0.15, 0.2) is 22.7 Å². The minimum absolute atomic E-state index is 0.0471. The summed E-state index contributed by atoms with van der Waals surface area (Å²) in [7, 11) is 0. The summed E-state index contributed by atoms with van der Waals surface area (Å²) < 4.78 is 13.5. The maximum absolute atomic E-state index is 13.1. The van der Waals surface area contributed by atoms with Crippen LogP contribution < -0.4 is 5.32 Å². The lowest BCUT2D eigenvalue weighted by Crippen LogP contribution is -2.31. The predicted molar refractivity (Wildman–Crippen MR) is 75.9 cm³/mol. The van der Waals surface area contributed by atoms with Gasteiger partial charge in [-0.3, -0.25) is 0 Å². The van der Waals surface area contributed by atoms with Gasteiger partial charge in [0.2, 0.25) is 0 Å². The van der Waals surface area contributed by atoms with Gasteiger partial charge in [-0.05, 0) is 52.4 Å². The van der Waals surface area contributed by atoms with E-state index < -0.39 is 0 Å². The van der Waals surface area contributed by atoms with E-state index in [0.29, 0.717) is 11.0 Å². The molecular formula is C14H21BrFNO. The van der Waals surface area contributed by atoms with E-state index >= 15 is 0 Å². The van der Waals surface area contributed by atoms with Crippen LogP contribution in [0.25, 0.3) is 0 Å². The molecule has 0 aliphatic carbocycles. The number of hydrogen-bond acceptors (Lipinski definition) is 2. The summed E-state index contributed by atoms with van der Waals surface area (Å²) in [5.41, 5.74) is 1.09. The van der Waals surface area contributed by atoms with Gasteiger partial charge in [0, 0.05) is 13.1 Å². The average molecular weight is 318 g/mol. The first-order valence-corrected chi connectivity index (χ1v) is 6.92. The summed E-state index contributed by atoms with van der Waals surface area (Å²) in [5, 5.41) is 12.7. The molecular weight excluding hydrogens is 297 g/mol. The summed E-state index contributed by atoms with van der Waals surface area (Å²) in [5.74, 6) is -0.242. The molecule has 102 valence electrons. The van der Waals surface area contributed by atoms with E-state index in [1.54, 1.807) is 19.1 Å². The van der Waals surface area contributed by atoms with Crippen molar-refractivity contribution in [2.75, 3.05) is 6.54 Å². The highest BCUT2D eigenvalue weighted by atomic mass is 79.9. The molecule has 0 radical (unpaired) electrons. The lowest BCUT2D eigenvalue weighted by Gasteiger charge is -2.26. The quantitative estimate of drug-likeness (QED) is 0.842. The van der Waals surface area contributed by atoms with Gasteiger partial charge in [0.05, 0.1) is 10.6 Å². The summed E-state index contributed by atoms with van der Waals surface area (Å²) in [6.45, 7) is 7.55. The lowest BCUT2D eigenvalue weighted by atomic mass is 9.87. The van der Waals surface area contributed by atoms with Crippen molar-refractivity contribution in [3.05, 3.63) is 34.1 Å². The Labute approximate surface area is 117 Å². The number of aliphatic hydroxyl groups excluding tert-OH is 1. The molecule has 1 rings (SSSR count). The molecule has 0 heterocycles. The normalized spacial score (nSPS) is 13.7. The summed E-state index contributed by atoms with van der Waals surface area (Å²) in [6, 6.07) is 5.01. The van der Waals surface area contributed by atoms with Crippen molar-refractivity contribution in [1.82, 2.24) is 5.32 Å². The summed E-state index contributed by atoms with van der Waals surface area (Å²) in [4.78, 5) is 0. The standard InChI is InChI=1S/C14H21BrFNO/c1-10(18)7-14(2,3)9-17-8-11-4-5-13(16)12(15)6-11/h4-6,10,17-18H,7-9H2,1-3H3. The third-order valence-electron chi connectivity index (χ3n) is 2.76. The SMILES string of the molecule is CC(O)CC(C)(C)CNCc1ccc(F)c(Br)c1. The van der Waals surface area contributed by atoms with Crippen LogP contribution in [0.3, 0.4) is 0 Å². The fourth-order valence-electron chi connectivity index (χ4n) is 2.07. The van der Waals surface area contributed by atoms with Crippen molar-refractivity contribution in [2.24, 2.45) is 5.41 Å². The Balaban J connectivity index is 2.43. The Morgan fingerprint density at radius 1 is 1.44 bits per heavy atom. The minimum Gasteiger partial charge on any atom is -0.393 e. The number of halogens is 2. The number of nitrogens with one attached hydrogen (secondary N) is 1. The molecule has 0 bridgehead atoms. The van der Waals surface area contributed by atoms with E-state index in [9.17, 15) is 9.50 Å². The van der Waals surface area contributed by atoms with Crippen molar-refractivity contribution in [3.63, 3.8) is 0 Å². The van der Waals surface area contributed by atoms with Crippen LogP contribution in [-0.4, -0.2) is 17.8 Å². The zero-order chi connectivity index (χ0) is 13.8. The van der Waals surface area contributed by atoms with Gasteiger partial charge in [-0.15, -0.1) is 0 Å². The molecule has 0 aliphatic heterocycles. The van der Waals surface area contributed by atoms with Crippen LogP contribution in [0.4, 0.5) is 4.39 Å². The topological polar surface area (TPSA) is 32.3 Å². The zero-order valence-corrected chi connectivity index (χ0v) is 12.7. The number of hydrogen-bond donors (Lipinski definition) is 2. The predicted octanol–water partition coefficient (Wildman–Crippen LogP) is 3.47. The molecule has 0 spiro atoms. The number of benzene rings is 1. The number of rotatable bonds is 6. The van der Waals surface area contributed by atoms with E-state index in [4.69, 9.17) is 0 Å². The second-order valence-corrected chi connectivity index (χ2v) is 6.42. The Kier molecular flexibility index (Phi) is 5.76. The highest BCUT2D eigenvalue weighted by molar-refractivity contribution is 9.10. The summed E-state index contributed by atoms with van der Waals surface area (Å²) >= 11 is 3.17. The molecule has 1 unspecified atom stereocenters. The maximum Gasteiger partial charge on any atom is 0.137 e. The monoisotopic (exact) mass is 317 g/mol. The molecule has 1 aromatic rings. The van der Waals surface area contributed by atoms with Crippen LogP contribution in [0.5, 0.6) is 0 Å². The molecule has 1 aromatic carbocycles. The molecule has 0 saturated heterocycles.